The molecule has 0 aromatic heterocycles. The highest BCUT2D eigenvalue weighted by Crippen LogP contribution is 2.27. The number of thioether (sulfide) groups is 1. The molecule has 0 saturated carbocycles. The van der Waals surface area contributed by atoms with Gasteiger partial charge in [-0.15, -0.1) is 11.8 Å². The Bertz CT molecular complexity index is 1380. The minimum atomic E-state index is -4.11. The van der Waals surface area contributed by atoms with E-state index >= 15 is 0 Å². The van der Waals surface area contributed by atoms with E-state index < -0.39 is 28.5 Å². The van der Waals surface area contributed by atoms with Gasteiger partial charge in [0.1, 0.15) is 12.6 Å². The van der Waals surface area contributed by atoms with Gasteiger partial charge in [0.15, 0.2) is 0 Å². The average Bonchev–Trinajstić information content (AvgIpc) is 2.96. The fourth-order valence-corrected chi connectivity index (χ4v) is 6.14. The number of hydrogen-bond acceptors (Lipinski definition) is 5. The Labute approximate surface area is 247 Å². The molecule has 0 fully saturated rings. The lowest BCUT2D eigenvalue weighted by Gasteiger charge is -2.33. The van der Waals surface area contributed by atoms with Gasteiger partial charge < -0.3 is 10.2 Å². The molecule has 3 rings (SSSR count). The molecule has 40 heavy (non-hydrogen) atoms. The highest BCUT2D eigenvalue weighted by molar-refractivity contribution is 7.98. The largest absolute Gasteiger partial charge is 0.354 e. The van der Waals surface area contributed by atoms with Crippen LogP contribution in [0.15, 0.2) is 82.6 Å². The molecular formula is C30H36ClN3O4S2. The average molecular weight is 602 g/mol. The monoisotopic (exact) mass is 601 g/mol. The molecule has 7 nitrogen and oxygen atoms in total. The molecule has 1 atom stereocenters. The zero-order valence-electron chi connectivity index (χ0n) is 23.3. The van der Waals surface area contributed by atoms with Crippen molar-refractivity contribution in [1.82, 2.24) is 10.2 Å². The fraction of sp³-hybridized carbons (Fsp3) is 0.333. The number of hydrogen-bond donors (Lipinski definition) is 1. The predicted octanol–water partition coefficient (Wildman–Crippen LogP) is 5.90. The molecule has 3 aromatic rings. The van der Waals surface area contributed by atoms with Crippen molar-refractivity contribution in [2.45, 2.75) is 56.0 Å². The predicted molar refractivity (Wildman–Crippen MR) is 163 cm³/mol. The van der Waals surface area contributed by atoms with E-state index in [1.54, 1.807) is 72.8 Å². The summed E-state index contributed by atoms with van der Waals surface area (Å²) in [4.78, 5) is 29.6. The molecule has 1 N–H and O–H groups in total. The zero-order chi connectivity index (χ0) is 29.3. The summed E-state index contributed by atoms with van der Waals surface area (Å²) < 4.78 is 29.0. The minimum absolute atomic E-state index is 0.0793. The number of amides is 2. The first kappa shape index (κ1) is 31.5. The molecule has 214 valence electrons. The van der Waals surface area contributed by atoms with Gasteiger partial charge >= 0.3 is 0 Å². The van der Waals surface area contributed by atoms with Crippen LogP contribution in [0.1, 0.15) is 37.8 Å². The molecule has 0 aliphatic heterocycles. The van der Waals surface area contributed by atoms with Gasteiger partial charge in [-0.3, -0.25) is 13.9 Å². The van der Waals surface area contributed by atoms with E-state index in [-0.39, 0.29) is 17.3 Å². The van der Waals surface area contributed by atoms with Crippen molar-refractivity contribution in [3.63, 3.8) is 0 Å². The highest BCUT2D eigenvalue weighted by Gasteiger charge is 2.33. The van der Waals surface area contributed by atoms with Crippen LogP contribution in [0.5, 0.6) is 0 Å². The van der Waals surface area contributed by atoms with Gasteiger partial charge in [0.25, 0.3) is 10.0 Å². The van der Waals surface area contributed by atoms with Crippen molar-refractivity contribution in [1.29, 1.82) is 0 Å². The summed E-state index contributed by atoms with van der Waals surface area (Å²) >= 11 is 7.57. The number of anilines is 1. The van der Waals surface area contributed by atoms with Crippen LogP contribution < -0.4 is 9.62 Å². The Kier molecular flexibility index (Phi) is 11.5. The topological polar surface area (TPSA) is 86.8 Å². The van der Waals surface area contributed by atoms with Crippen LogP contribution in [0.4, 0.5) is 5.69 Å². The first-order valence-electron chi connectivity index (χ1n) is 13.2. The van der Waals surface area contributed by atoms with Gasteiger partial charge in [-0.2, -0.15) is 0 Å². The molecule has 2 amide bonds. The Balaban J connectivity index is 2.04. The summed E-state index contributed by atoms with van der Waals surface area (Å²) in [7, 11) is -4.11. The van der Waals surface area contributed by atoms with E-state index in [0.717, 1.165) is 26.7 Å². The first-order chi connectivity index (χ1) is 19.1. The lowest BCUT2D eigenvalue weighted by atomic mass is 10.1. The van der Waals surface area contributed by atoms with Crippen molar-refractivity contribution in [3.8, 4) is 0 Å². The second-order valence-electron chi connectivity index (χ2n) is 9.39. The molecular weight excluding hydrogens is 566 g/mol. The first-order valence-corrected chi connectivity index (χ1v) is 16.2. The second kappa shape index (κ2) is 14.6. The number of aryl methyl sites for hydroxylation is 1. The third-order valence-electron chi connectivity index (χ3n) is 6.45. The van der Waals surface area contributed by atoms with E-state index in [1.165, 1.54) is 16.7 Å². The minimum Gasteiger partial charge on any atom is -0.354 e. The Morgan fingerprint density at radius 2 is 1.57 bits per heavy atom. The summed E-state index contributed by atoms with van der Waals surface area (Å²) in [6.45, 7) is 5.82. The van der Waals surface area contributed by atoms with Gasteiger partial charge in [0.05, 0.1) is 10.6 Å². The van der Waals surface area contributed by atoms with Gasteiger partial charge in [-0.05, 0) is 80.1 Å². The molecule has 0 bridgehead atoms. The number of benzene rings is 3. The van der Waals surface area contributed by atoms with E-state index in [9.17, 15) is 18.0 Å². The third kappa shape index (κ3) is 8.02. The number of nitrogens with zero attached hydrogens (tertiary/aromatic N) is 2. The van der Waals surface area contributed by atoms with Gasteiger partial charge in [0.2, 0.25) is 11.8 Å². The van der Waals surface area contributed by atoms with Crippen molar-refractivity contribution in [3.05, 3.63) is 88.9 Å². The number of halogens is 1. The molecule has 3 aromatic carbocycles. The normalized spacial score (nSPS) is 12.0. The van der Waals surface area contributed by atoms with Crippen LogP contribution in [0, 0.1) is 6.92 Å². The lowest BCUT2D eigenvalue weighted by Crippen LogP contribution is -2.52. The molecule has 0 aliphatic rings. The summed E-state index contributed by atoms with van der Waals surface area (Å²) in [5, 5.41) is 3.44. The van der Waals surface area contributed by atoms with Crippen LogP contribution >= 0.6 is 23.4 Å². The number of rotatable bonds is 13. The maximum Gasteiger partial charge on any atom is 0.264 e. The quantitative estimate of drug-likeness (QED) is 0.247. The van der Waals surface area contributed by atoms with Crippen molar-refractivity contribution < 1.29 is 18.0 Å². The van der Waals surface area contributed by atoms with Crippen LogP contribution in [-0.4, -0.2) is 50.5 Å². The summed E-state index contributed by atoms with van der Waals surface area (Å²) in [6.07, 6.45) is 3.03. The molecule has 0 saturated heterocycles. The number of carbonyl (C=O) groups is 2. The van der Waals surface area contributed by atoms with Crippen molar-refractivity contribution >= 4 is 50.9 Å². The van der Waals surface area contributed by atoms with Gasteiger partial charge in [0, 0.05) is 23.0 Å². The molecule has 0 radical (unpaired) electrons. The van der Waals surface area contributed by atoms with E-state index in [1.807, 2.05) is 27.0 Å². The molecule has 10 heteroatoms. The summed E-state index contributed by atoms with van der Waals surface area (Å²) in [5.74, 6) is -0.762. The maximum absolute atomic E-state index is 14.0. The molecule has 0 spiro atoms. The van der Waals surface area contributed by atoms with Crippen molar-refractivity contribution in [2.24, 2.45) is 0 Å². The number of sulfonamides is 1. The van der Waals surface area contributed by atoms with E-state index in [0.29, 0.717) is 23.7 Å². The lowest BCUT2D eigenvalue weighted by molar-refractivity contribution is -0.140. The summed E-state index contributed by atoms with van der Waals surface area (Å²) in [5.41, 5.74) is 2.10. The number of nitrogens with one attached hydrogen (secondary N) is 1. The third-order valence-corrected chi connectivity index (χ3v) is 9.23. The SMILES string of the molecule is CCCNC(=O)[C@@H](CC)N(Cc1ccc(Cl)cc1)C(=O)CN(c1ccc(C)cc1)S(=O)(=O)c1ccc(SC)cc1. The zero-order valence-corrected chi connectivity index (χ0v) is 25.7. The Hall–Kier alpha value is -3.01. The highest BCUT2D eigenvalue weighted by atomic mass is 35.5. The Morgan fingerprint density at radius 1 is 0.950 bits per heavy atom. The number of carbonyl (C=O) groups excluding carboxylic acids is 2. The van der Waals surface area contributed by atoms with Crippen LogP contribution in [-0.2, 0) is 26.2 Å². The molecule has 0 unspecified atom stereocenters. The van der Waals surface area contributed by atoms with Gasteiger partial charge in [-0.25, -0.2) is 8.42 Å². The molecule has 0 aliphatic carbocycles. The van der Waals surface area contributed by atoms with E-state index in [2.05, 4.69) is 5.32 Å². The summed E-state index contributed by atoms with van der Waals surface area (Å²) in [6, 6.07) is 19.8. The van der Waals surface area contributed by atoms with E-state index in [4.69, 9.17) is 11.6 Å². The van der Waals surface area contributed by atoms with Crippen LogP contribution in [0.2, 0.25) is 5.02 Å². The standard InChI is InChI=1S/C30H36ClN3O4S2/c1-5-19-32-30(36)28(6-2)33(20-23-9-11-24(31)12-10-23)29(35)21-34(25-13-7-22(3)8-14-25)40(37,38)27-17-15-26(39-4)16-18-27/h7-18,28H,5-6,19-21H2,1-4H3,(H,32,36)/t28-/m1/s1. The van der Waals surface area contributed by atoms with Crippen molar-refractivity contribution in [2.75, 3.05) is 23.7 Å². The van der Waals surface area contributed by atoms with Gasteiger partial charge in [-0.1, -0.05) is 55.3 Å². The molecule has 0 heterocycles. The Morgan fingerprint density at radius 3 is 2.12 bits per heavy atom. The maximum atomic E-state index is 14.0. The van der Waals surface area contributed by atoms with Crippen LogP contribution in [0.25, 0.3) is 0 Å². The second-order valence-corrected chi connectivity index (χ2v) is 12.6. The fourth-order valence-electron chi connectivity index (χ4n) is 4.19. The van der Waals surface area contributed by atoms with Crippen LogP contribution in [0.3, 0.4) is 0 Å². The smallest absolute Gasteiger partial charge is 0.264 e.